The van der Waals surface area contributed by atoms with Gasteiger partial charge < -0.3 is 15.5 Å². The minimum absolute atomic E-state index is 0. The highest BCUT2D eigenvalue weighted by atomic mass is 127. The van der Waals surface area contributed by atoms with Crippen LogP contribution in [0.1, 0.15) is 38.7 Å². The van der Waals surface area contributed by atoms with E-state index in [-0.39, 0.29) is 36.4 Å². The summed E-state index contributed by atoms with van der Waals surface area (Å²) >= 11 is 0. The molecule has 6 heteroatoms. The molecule has 0 aliphatic carbocycles. The number of carbonyl (C=O) groups is 1. The minimum atomic E-state index is 0. The topological polar surface area (TPSA) is 56.7 Å². The summed E-state index contributed by atoms with van der Waals surface area (Å²) in [6.07, 6.45) is 3.50. The van der Waals surface area contributed by atoms with Crippen molar-refractivity contribution in [2.45, 2.75) is 39.7 Å². The number of aliphatic imine (C=N–C) groups is 1. The molecule has 24 heavy (non-hydrogen) atoms. The van der Waals surface area contributed by atoms with Gasteiger partial charge in [0.05, 0.1) is 6.54 Å². The Balaban J connectivity index is 0.00000529. The molecule has 0 bridgehead atoms. The third-order valence-electron chi connectivity index (χ3n) is 3.65. The van der Waals surface area contributed by atoms with E-state index in [9.17, 15) is 4.79 Å². The molecule has 0 saturated heterocycles. The Morgan fingerprint density at radius 2 is 1.83 bits per heavy atom. The molecule has 0 aliphatic heterocycles. The largest absolute Gasteiger partial charge is 0.356 e. The summed E-state index contributed by atoms with van der Waals surface area (Å²) < 4.78 is 0. The minimum Gasteiger partial charge on any atom is -0.356 e. The molecule has 0 aliphatic rings. The van der Waals surface area contributed by atoms with Crippen molar-refractivity contribution in [3.8, 4) is 0 Å². The molecule has 0 heterocycles. The van der Waals surface area contributed by atoms with Gasteiger partial charge in [-0.25, -0.2) is 0 Å². The molecule has 0 unspecified atom stereocenters. The number of benzene rings is 1. The van der Waals surface area contributed by atoms with E-state index in [4.69, 9.17) is 0 Å². The number of unbranched alkanes of at least 4 members (excludes halogenated alkanes) is 2. The van der Waals surface area contributed by atoms with Gasteiger partial charge in [-0.3, -0.25) is 9.79 Å². The molecule has 1 aromatic rings. The molecule has 0 spiro atoms. The first-order valence-electron chi connectivity index (χ1n) is 8.47. The van der Waals surface area contributed by atoms with Crippen molar-refractivity contribution in [2.24, 2.45) is 4.99 Å². The molecular weight excluding hydrogens is 415 g/mol. The molecule has 1 rings (SSSR count). The normalized spacial score (nSPS) is 10.7. The Morgan fingerprint density at radius 1 is 1.12 bits per heavy atom. The molecule has 0 fully saturated rings. The predicted molar refractivity (Wildman–Crippen MR) is 112 cm³/mol. The molecule has 0 saturated carbocycles. The van der Waals surface area contributed by atoms with E-state index in [1.807, 2.05) is 42.2 Å². The average Bonchev–Trinajstić information content (AvgIpc) is 2.59. The number of nitrogens with zero attached hydrogens (tertiary/aromatic N) is 2. The van der Waals surface area contributed by atoms with E-state index < -0.39 is 0 Å². The lowest BCUT2D eigenvalue weighted by Crippen LogP contribution is -2.44. The number of guanidine groups is 1. The summed E-state index contributed by atoms with van der Waals surface area (Å²) in [5.41, 5.74) is 1.14. The standard InChI is InChI=1S/C18H30N4O.HI/c1-4-6-10-13-20-18(19-3)21-14-17(23)22(5-2)15-16-11-8-7-9-12-16;/h7-9,11-12H,4-6,10,13-15H2,1-3H3,(H2,19,20,21);1H. The Kier molecular flexibility index (Phi) is 13.3. The van der Waals surface area contributed by atoms with Gasteiger partial charge in [0.15, 0.2) is 5.96 Å². The van der Waals surface area contributed by atoms with Crippen LogP contribution < -0.4 is 10.6 Å². The molecule has 0 atom stereocenters. The van der Waals surface area contributed by atoms with Gasteiger partial charge in [-0.1, -0.05) is 50.1 Å². The number of hydrogen-bond acceptors (Lipinski definition) is 2. The van der Waals surface area contributed by atoms with Crippen LogP contribution in [-0.2, 0) is 11.3 Å². The predicted octanol–water partition coefficient (Wildman–Crippen LogP) is 3.01. The number of hydrogen-bond donors (Lipinski definition) is 2. The number of likely N-dealkylation sites (N-methyl/N-ethyl adjacent to an activating group) is 1. The second kappa shape index (κ2) is 14.1. The molecule has 1 amide bonds. The zero-order valence-corrected chi connectivity index (χ0v) is 17.4. The molecule has 2 N–H and O–H groups in total. The fourth-order valence-electron chi connectivity index (χ4n) is 2.25. The zero-order valence-electron chi connectivity index (χ0n) is 15.0. The number of amides is 1. The van der Waals surface area contributed by atoms with Crippen LogP contribution >= 0.6 is 24.0 Å². The monoisotopic (exact) mass is 446 g/mol. The van der Waals surface area contributed by atoms with Crippen molar-refractivity contribution in [2.75, 3.05) is 26.7 Å². The number of halogens is 1. The third kappa shape index (κ3) is 9.10. The van der Waals surface area contributed by atoms with Crippen molar-refractivity contribution >= 4 is 35.8 Å². The first kappa shape index (κ1) is 22.7. The molecule has 136 valence electrons. The van der Waals surface area contributed by atoms with E-state index in [2.05, 4.69) is 22.5 Å². The highest BCUT2D eigenvalue weighted by Crippen LogP contribution is 2.04. The van der Waals surface area contributed by atoms with Gasteiger partial charge in [-0.15, -0.1) is 24.0 Å². The smallest absolute Gasteiger partial charge is 0.242 e. The van der Waals surface area contributed by atoms with Crippen molar-refractivity contribution in [3.63, 3.8) is 0 Å². The molecule has 1 aromatic carbocycles. The van der Waals surface area contributed by atoms with E-state index in [0.717, 1.165) is 18.5 Å². The number of carbonyl (C=O) groups excluding carboxylic acids is 1. The van der Waals surface area contributed by atoms with Crippen LogP contribution in [0.5, 0.6) is 0 Å². The van der Waals surface area contributed by atoms with Gasteiger partial charge in [0, 0.05) is 26.7 Å². The lowest BCUT2D eigenvalue weighted by atomic mass is 10.2. The van der Waals surface area contributed by atoms with Gasteiger partial charge in [-0.2, -0.15) is 0 Å². The first-order chi connectivity index (χ1) is 11.2. The van der Waals surface area contributed by atoms with Crippen LogP contribution in [-0.4, -0.2) is 43.4 Å². The maximum absolute atomic E-state index is 12.4. The summed E-state index contributed by atoms with van der Waals surface area (Å²) in [5.74, 6) is 0.762. The van der Waals surface area contributed by atoms with Gasteiger partial charge in [-0.05, 0) is 18.9 Å². The van der Waals surface area contributed by atoms with Crippen LogP contribution in [0.15, 0.2) is 35.3 Å². The Hall–Kier alpha value is -1.31. The fourth-order valence-corrected chi connectivity index (χ4v) is 2.25. The molecule has 5 nitrogen and oxygen atoms in total. The van der Waals surface area contributed by atoms with Crippen LogP contribution in [0, 0.1) is 0 Å². The van der Waals surface area contributed by atoms with Crippen molar-refractivity contribution in [1.82, 2.24) is 15.5 Å². The lowest BCUT2D eigenvalue weighted by Gasteiger charge is -2.22. The van der Waals surface area contributed by atoms with Crippen molar-refractivity contribution in [3.05, 3.63) is 35.9 Å². The molecule has 0 radical (unpaired) electrons. The van der Waals surface area contributed by atoms with Gasteiger partial charge >= 0.3 is 0 Å². The second-order valence-electron chi connectivity index (χ2n) is 5.45. The van der Waals surface area contributed by atoms with Gasteiger partial charge in [0.2, 0.25) is 5.91 Å². The number of nitrogens with one attached hydrogen (secondary N) is 2. The van der Waals surface area contributed by atoms with E-state index in [1.54, 1.807) is 7.05 Å². The van der Waals surface area contributed by atoms with Crippen LogP contribution in [0.2, 0.25) is 0 Å². The number of rotatable bonds is 9. The second-order valence-corrected chi connectivity index (χ2v) is 5.45. The van der Waals surface area contributed by atoms with E-state index >= 15 is 0 Å². The maximum atomic E-state index is 12.4. The zero-order chi connectivity index (χ0) is 16.9. The SMILES string of the molecule is CCCCCNC(=NC)NCC(=O)N(CC)Cc1ccccc1.I. The van der Waals surface area contributed by atoms with Crippen molar-refractivity contribution in [1.29, 1.82) is 0 Å². The highest BCUT2D eigenvalue weighted by molar-refractivity contribution is 14.0. The van der Waals surface area contributed by atoms with Crippen LogP contribution in [0.4, 0.5) is 0 Å². The summed E-state index contributed by atoms with van der Waals surface area (Å²) in [5, 5.41) is 6.33. The summed E-state index contributed by atoms with van der Waals surface area (Å²) in [7, 11) is 1.72. The Labute approximate surface area is 163 Å². The molecular formula is C18H31IN4O. The summed E-state index contributed by atoms with van der Waals surface area (Å²) in [6.45, 7) is 6.64. The summed E-state index contributed by atoms with van der Waals surface area (Å²) in [4.78, 5) is 18.3. The molecule has 0 aromatic heterocycles. The van der Waals surface area contributed by atoms with Crippen LogP contribution in [0.3, 0.4) is 0 Å². The Morgan fingerprint density at radius 3 is 2.42 bits per heavy atom. The van der Waals surface area contributed by atoms with E-state index in [0.29, 0.717) is 19.0 Å². The fraction of sp³-hybridized carbons (Fsp3) is 0.556. The van der Waals surface area contributed by atoms with Gasteiger partial charge in [0.25, 0.3) is 0 Å². The Bertz CT molecular complexity index is 479. The van der Waals surface area contributed by atoms with E-state index in [1.165, 1.54) is 12.8 Å². The third-order valence-corrected chi connectivity index (χ3v) is 3.65. The lowest BCUT2D eigenvalue weighted by molar-refractivity contribution is -0.130. The summed E-state index contributed by atoms with van der Waals surface area (Å²) in [6, 6.07) is 10.1. The van der Waals surface area contributed by atoms with Crippen molar-refractivity contribution < 1.29 is 4.79 Å². The average molecular weight is 446 g/mol. The quantitative estimate of drug-likeness (QED) is 0.266. The van der Waals surface area contributed by atoms with Crippen LogP contribution in [0.25, 0.3) is 0 Å². The maximum Gasteiger partial charge on any atom is 0.242 e. The highest BCUT2D eigenvalue weighted by Gasteiger charge is 2.12. The van der Waals surface area contributed by atoms with Gasteiger partial charge in [0.1, 0.15) is 0 Å². The first-order valence-corrected chi connectivity index (χ1v) is 8.47.